The predicted octanol–water partition coefficient (Wildman–Crippen LogP) is 3.83. The molecule has 4 rings (SSSR count). The maximum atomic E-state index is 12.7. The van der Waals surface area contributed by atoms with E-state index in [0.29, 0.717) is 29.4 Å². The molecule has 1 amide bonds. The van der Waals surface area contributed by atoms with E-state index >= 15 is 0 Å². The number of anilines is 1. The number of sulfone groups is 1. The first kappa shape index (κ1) is 19.2. The van der Waals surface area contributed by atoms with E-state index in [1.807, 2.05) is 32.0 Å². The molecule has 1 N–H and O–H groups in total. The molecule has 0 saturated heterocycles. The number of hydrogen-bond acceptors (Lipinski definition) is 4. The molecule has 1 fully saturated rings. The lowest BCUT2D eigenvalue weighted by atomic mass is 9.87. The van der Waals surface area contributed by atoms with Crippen molar-refractivity contribution in [3.05, 3.63) is 40.6 Å². The van der Waals surface area contributed by atoms with E-state index in [1.54, 1.807) is 4.68 Å². The van der Waals surface area contributed by atoms with Crippen LogP contribution >= 0.6 is 0 Å². The summed E-state index contributed by atoms with van der Waals surface area (Å²) in [5.41, 5.74) is 4.32. The minimum Gasteiger partial charge on any atom is -0.310 e. The number of carbonyl (C=O) groups is 1. The second kappa shape index (κ2) is 7.35. The van der Waals surface area contributed by atoms with Crippen LogP contribution in [0.4, 0.5) is 5.82 Å². The zero-order chi connectivity index (χ0) is 19.9. The van der Waals surface area contributed by atoms with E-state index in [4.69, 9.17) is 0 Å². The highest BCUT2D eigenvalue weighted by molar-refractivity contribution is 7.90. The predicted molar refractivity (Wildman–Crippen MR) is 109 cm³/mol. The van der Waals surface area contributed by atoms with Crippen molar-refractivity contribution in [2.75, 3.05) is 5.32 Å². The fraction of sp³-hybridized carbons (Fsp3) is 0.524. The summed E-state index contributed by atoms with van der Waals surface area (Å²) in [4.78, 5) is 12.7. The number of rotatable bonds is 4. The van der Waals surface area contributed by atoms with Crippen LogP contribution in [0.5, 0.6) is 0 Å². The molecule has 2 aromatic rings. The molecule has 1 aliphatic carbocycles. The number of benzene rings is 1. The van der Waals surface area contributed by atoms with Gasteiger partial charge in [0.1, 0.15) is 5.82 Å². The number of nitrogens with one attached hydrogen (secondary N) is 1. The highest BCUT2D eigenvalue weighted by Crippen LogP contribution is 2.34. The van der Waals surface area contributed by atoms with Crippen LogP contribution < -0.4 is 5.32 Å². The molecule has 1 aliphatic heterocycles. The highest BCUT2D eigenvalue weighted by atomic mass is 32.2. The molecule has 1 aromatic heterocycles. The molecule has 2 heterocycles. The fourth-order valence-corrected chi connectivity index (χ4v) is 5.75. The van der Waals surface area contributed by atoms with Crippen LogP contribution in [0.1, 0.15) is 60.9 Å². The smallest absolute Gasteiger partial charge is 0.225 e. The van der Waals surface area contributed by atoms with Crippen molar-refractivity contribution in [1.29, 1.82) is 0 Å². The molecule has 0 bridgehead atoms. The lowest BCUT2D eigenvalue weighted by Crippen LogP contribution is -2.21. The molecule has 150 valence electrons. The Bertz CT molecular complexity index is 1020. The second-order valence-corrected chi connectivity index (χ2v) is 10.3. The molecule has 0 unspecified atom stereocenters. The van der Waals surface area contributed by atoms with Crippen molar-refractivity contribution in [2.24, 2.45) is 5.92 Å². The minimum absolute atomic E-state index is 0.0519. The molecule has 28 heavy (non-hydrogen) atoms. The Morgan fingerprint density at radius 1 is 1.14 bits per heavy atom. The zero-order valence-electron chi connectivity index (χ0n) is 16.5. The third-order valence-electron chi connectivity index (χ3n) is 5.98. The molecular weight excluding hydrogens is 374 g/mol. The summed E-state index contributed by atoms with van der Waals surface area (Å²) in [5.74, 6) is 0.755. The molecule has 1 saturated carbocycles. The Hall–Kier alpha value is -2.15. The van der Waals surface area contributed by atoms with E-state index in [-0.39, 0.29) is 17.4 Å². The SMILES string of the molecule is Cc1ccc(-n2nc3c(c2NC(=O)CC2CCCCC2)CS(=O)(=O)C3)cc1C. The molecule has 0 radical (unpaired) electrons. The second-order valence-electron chi connectivity index (χ2n) is 8.24. The molecule has 0 spiro atoms. The van der Waals surface area contributed by atoms with Gasteiger partial charge in [0.05, 0.1) is 22.9 Å². The maximum Gasteiger partial charge on any atom is 0.225 e. The first-order chi connectivity index (χ1) is 13.3. The third kappa shape index (κ3) is 3.85. The number of aromatic nitrogens is 2. The van der Waals surface area contributed by atoms with Crippen molar-refractivity contribution in [3.8, 4) is 5.69 Å². The van der Waals surface area contributed by atoms with Crippen LogP contribution in [0.25, 0.3) is 5.69 Å². The zero-order valence-corrected chi connectivity index (χ0v) is 17.3. The van der Waals surface area contributed by atoms with Gasteiger partial charge in [-0.1, -0.05) is 25.3 Å². The van der Waals surface area contributed by atoms with Gasteiger partial charge in [-0.2, -0.15) is 5.10 Å². The minimum atomic E-state index is -3.19. The summed E-state index contributed by atoms with van der Waals surface area (Å²) < 4.78 is 25.9. The summed E-state index contributed by atoms with van der Waals surface area (Å²) in [7, 11) is -3.19. The van der Waals surface area contributed by atoms with Gasteiger partial charge in [-0.3, -0.25) is 4.79 Å². The normalized spacial score (nSPS) is 18.8. The number of amides is 1. The Morgan fingerprint density at radius 3 is 2.61 bits per heavy atom. The van der Waals surface area contributed by atoms with Crippen molar-refractivity contribution < 1.29 is 13.2 Å². The Morgan fingerprint density at radius 2 is 1.89 bits per heavy atom. The van der Waals surface area contributed by atoms with Gasteiger partial charge in [0, 0.05) is 12.0 Å². The van der Waals surface area contributed by atoms with Crippen LogP contribution in [0.2, 0.25) is 0 Å². The first-order valence-electron chi connectivity index (χ1n) is 10.0. The number of hydrogen-bond donors (Lipinski definition) is 1. The van der Waals surface area contributed by atoms with Crippen LogP contribution in [0, 0.1) is 19.8 Å². The third-order valence-corrected chi connectivity index (χ3v) is 7.42. The number of fused-ring (bicyclic) bond motifs is 1. The van der Waals surface area contributed by atoms with Gasteiger partial charge in [-0.15, -0.1) is 0 Å². The summed E-state index contributed by atoms with van der Waals surface area (Å²) in [6.07, 6.45) is 6.30. The van der Waals surface area contributed by atoms with Crippen LogP contribution in [-0.2, 0) is 26.1 Å². The first-order valence-corrected chi connectivity index (χ1v) is 11.8. The molecule has 0 atom stereocenters. The van der Waals surface area contributed by atoms with E-state index in [0.717, 1.165) is 24.1 Å². The Kier molecular flexibility index (Phi) is 5.04. The Balaban J connectivity index is 1.66. The average molecular weight is 402 g/mol. The van der Waals surface area contributed by atoms with Gasteiger partial charge in [0.15, 0.2) is 9.84 Å². The van der Waals surface area contributed by atoms with E-state index in [2.05, 4.69) is 10.4 Å². The fourth-order valence-electron chi connectivity index (χ4n) is 4.25. The number of carbonyl (C=O) groups excluding carboxylic acids is 1. The lowest BCUT2D eigenvalue weighted by Gasteiger charge is -2.21. The molecular formula is C21H27N3O3S. The van der Waals surface area contributed by atoms with Crippen LogP contribution in [0.15, 0.2) is 18.2 Å². The summed E-state index contributed by atoms with van der Waals surface area (Å²) in [5, 5.41) is 7.56. The van der Waals surface area contributed by atoms with Crippen LogP contribution in [-0.4, -0.2) is 24.1 Å². The molecule has 6 nitrogen and oxygen atoms in total. The summed E-state index contributed by atoms with van der Waals surface area (Å²) in [6.45, 7) is 4.07. The van der Waals surface area contributed by atoms with Gasteiger partial charge in [0.2, 0.25) is 5.91 Å². The largest absolute Gasteiger partial charge is 0.310 e. The number of aryl methyl sites for hydroxylation is 2. The van der Waals surface area contributed by atoms with Gasteiger partial charge in [0.25, 0.3) is 0 Å². The summed E-state index contributed by atoms with van der Waals surface area (Å²) in [6, 6.07) is 5.99. The van der Waals surface area contributed by atoms with Gasteiger partial charge >= 0.3 is 0 Å². The van der Waals surface area contributed by atoms with Crippen molar-refractivity contribution in [1.82, 2.24) is 9.78 Å². The van der Waals surface area contributed by atoms with E-state index < -0.39 is 9.84 Å². The van der Waals surface area contributed by atoms with Gasteiger partial charge in [-0.05, 0) is 55.9 Å². The lowest BCUT2D eigenvalue weighted by molar-refractivity contribution is -0.117. The quantitative estimate of drug-likeness (QED) is 0.844. The van der Waals surface area contributed by atoms with Gasteiger partial charge < -0.3 is 5.32 Å². The maximum absolute atomic E-state index is 12.7. The van der Waals surface area contributed by atoms with E-state index in [1.165, 1.54) is 24.8 Å². The molecule has 1 aromatic carbocycles. The standard InChI is InChI=1S/C21H27N3O3S/c1-14-8-9-17(10-15(14)2)24-21(18-12-28(26,27)13-19(18)23-24)22-20(25)11-16-6-4-3-5-7-16/h8-10,16H,3-7,11-13H2,1-2H3,(H,22,25). The van der Waals surface area contributed by atoms with E-state index in [9.17, 15) is 13.2 Å². The van der Waals surface area contributed by atoms with Crippen molar-refractivity contribution >= 4 is 21.6 Å². The van der Waals surface area contributed by atoms with Crippen molar-refractivity contribution in [3.63, 3.8) is 0 Å². The molecule has 2 aliphatic rings. The topological polar surface area (TPSA) is 81.1 Å². The summed E-state index contributed by atoms with van der Waals surface area (Å²) >= 11 is 0. The van der Waals surface area contributed by atoms with Crippen LogP contribution in [0.3, 0.4) is 0 Å². The van der Waals surface area contributed by atoms with Crippen molar-refractivity contribution in [2.45, 2.75) is 63.9 Å². The molecule has 7 heteroatoms. The Labute approximate surface area is 166 Å². The highest BCUT2D eigenvalue weighted by Gasteiger charge is 2.33. The monoisotopic (exact) mass is 401 g/mol. The average Bonchev–Trinajstić information content (AvgIpc) is 3.11. The van der Waals surface area contributed by atoms with Gasteiger partial charge in [-0.25, -0.2) is 13.1 Å². The number of nitrogens with zero attached hydrogens (tertiary/aromatic N) is 2.